The average Bonchev–Trinajstić information content (AvgIpc) is 1.72. The first-order valence-electron chi connectivity index (χ1n) is 2.38. The van der Waals surface area contributed by atoms with Gasteiger partial charge in [-0.2, -0.15) is 0 Å². The number of nitrogens with zero attached hydrogens (tertiary/aromatic N) is 1. The zero-order valence-corrected chi connectivity index (χ0v) is 4.78. The molecule has 1 nitrogen and oxygen atoms in total. The van der Waals surface area contributed by atoms with Gasteiger partial charge in [0.05, 0.1) is 0 Å². The van der Waals surface area contributed by atoms with Crippen LogP contribution in [-0.4, -0.2) is 12.8 Å². The lowest BCUT2D eigenvalue weighted by Gasteiger charge is -1.91. The maximum absolute atomic E-state index is 3.92. The molecule has 0 heterocycles. The van der Waals surface area contributed by atoms with Gasteiger partial charge in [-0.1, -0.05) is 0 Å². The van der Waals surface area contributed by atoms with Crippen LogP contribution in [0.4, 0.5) is 0 Å². The van der Waals surface area contributed by atoms with E-state index in [4.69, 9.17) is 0 Å². The highest BCUT2D eigenvalue weighted by molar-refractivity contribution is 5.85. The minimum absolute atomic E-state index is 0.792. The van der Waals surface area contributed by atoms with Crippen molar-refractivity contribution >= 4 is 5.71 Å². The van der Waals surface area contributed by atoms with E-state index in [2.05, 4.69) is 18.8 Å². The number of rotatable bonds is 2. The number of hydrogen-bond donors (Lipinski definition) is 0. The molecule has 0 aliphatic rings. The van der Waals surface area contributed by atoms with Crippen LogP contribution in [-0.2, 0) is 0 Å². The van der Waals surface area contributed by atoms with Crippen LogP contribution < -0.4 is 0 Å². The Balaban J connectivity index is 3.38. The third kappa shape index (κ3) is 2.38. The van der Waals surface area contributed by atoms with Crippen molar-refractivity contribution in [2.75, 3.05) is 7.05 Å². The molecule has 0 aliphatic heterocycles. The van der Waals surface area contributed by atoms with Gasteiger partial charge >= 0.3 is 0 Å². The molecule has 0 atom stereocenters. The second-order valence-electron chi connectivity index (χ2n) is 1.29. The van der Waals surface area contributed by atoms with Crippen molar-refractivity contribution in [3.05, 3.63) is 13.8 Å². The van der Waals surface area contributed by atoms with Gasteiger partial charge in [0.2, 0.25) is 0 Å². The zero-order valence-electron chi connectivity index (χ0n) is 4.78. The Labute approximate surface area is 45.5 Å². The van der Waals surface area contributed by atoms with Gasteiger partial charge in [0.1, 0.15) is 0 Å². The molecule has 0 bridgehead atoms. The van der Waals surface area contributed by atoms with E-state index in [1.165, 1.54) is 0 Å². The molecule has 0 aromatic rings. The molecule has 0 fully saturated rings. The molecule has 0 amide bonds. The SMILES string of the molecule is [CH2]CC(C[CH2])=NC. The highest BCUT2D eigenvalue weighted by Gasteiger charge is 1.84. The highest BCUT2D eigenvalue weighted by atomic mass is 14.7. The van der Waals surface area contributed by atoms with Gasteiger partial charge in [-0.25, -0.2) is 0 Å². The van der Waals surface area contributed by atoms with E-state index < -0.39 is 0 Å². The number of hydrogen-bond acceptors (Lipinski definition) is 1. The summed E-state index contributed by atoms with van der Waals surface area (Å²) < 4.78 is 0. The Morgan fingerprint density at radius 1 is 1.43 bits per heavy atom. The van der Waals surface area contributed by atoms with Crippen molar-refractivity contribution in [1.29, 1.82) is 0 Å². The summed E-state index contributed by atoms with van der Waals surface area (Å²) in [6.07, 6.45) is 1.58. The molecule has 0 N–H and O–H groups in total. The van der Waals surface area contributed by atoms with E-state index >= 15 is 0 Å². The predicted molar refractivity (Wildman–Crippen MR) is 33.3 cm³/mol. The third-order valence-corrected chi connectivity index (χ3v) is 0.893. The van der Waals surface area contributed by atoms with Gasteiger partial charge in [0.15, 0.2) is 0 Å². The first-order valence-corrected chi connectivity index (χ1v) is 2.38. The second-order valence-corrected chi connectivity index (χ2v) is 1.29. The predicted octanol–water partition coefficient (Wildman–Crippen LogP) is 1.51. The van der Waals surface area contributed by atoms with Crippen LogP contribution in [0.5, 0.6) is 0 Å². The first kappa shape index (κ1) is 6.67. The van der Waals surface area contributed by atoms with Gasteiger partial charge < -0.3 is 0 Å². The molecule has 0 aliphatic carbocycles. The van der Waals surface area contributed by atoms with Crippen LogP contribution in [0.3, 0.4) is 0 Å². The lowest BCUT2D eigenvalue weighted by molar-refractivity contribution is 1.26. The van der Waals surface area contributed by atoms with Gasteiger partial charge in [-0.15, -0.1) is 0 Å². The fourth-order valence-corrected chi connectivity index (χ4v) is 0.349. The summed E-state index contributed by atoms with van der Waals surface area (Å²) in [4.78, 5) is 3.92. The van der Waals surface area contributed by atoms with Gasteiger partial charge in [-0.05, 0) is 26.7 Å². The normalized spacial score (nSPS) is 8.43. The van der Waals surface area contributed by atoms with Crippen molar-refractivity contribution in [3.63, 3.8) is 0 Å². The van der Waals surface area contributed by atoms with Crippen molar-refractivity contribution in [1.82, 2.24) is 0 Å². The summed E-state index contributed by atoms with van der Waals surface area (Å²) in [5, 5.41) is 0. The summed E-state index contributed by atoms with van der Waals surface area (Å²) in [7, 11) is 1.77. The molecular formula is C6H11N. The van der Waals surface area contributed by atoms with E-state index in [1.54, 1.807) is 7.05 Å². The van der Waals surface area contributed by atoms with E-state index in [9.17, 15) is 0 Å². The maximum atomic E-state index is 3.92. The third-order valence-electron chi connectivity index (χ3n) is 0.893. The van der Waals surface area contributed by atoms with E-state index in [-0.39, 0.29) is 0 Å². The molecule has 2 radical (unpaired) electrons. The van der Waals surface area contributed by atoms with E-state index in [0.717, 1.165) is 18.6 Å². The van der Waals surface area contributed by atoms with Gasteiger partial charge in [0, 0.05) is 12.8 Å². The Morgan fingerprint density at radius 3 is 1.86 bits per heavy atom. The van der Waals surface area contributed by atoms with Crippen LogP contribution in [0.25, 0.3) is 0 Å². The van der Waals surface area contributed by atoms with Crippen molar-refractivity contribution < 1.29 is 0 Å². The summed E-state index contributed by atoms with van der Waals surface area (Å²) in [5.74, 6) is 0. The minimum Gasteiger partial charge on any atom is -0.297 e. The van der Waals surface area contributed by atoms with Crippen molar-refractivity contribution in [2.24, 2.45) is 4.99 Å². The maximum Gasteiger partial charge on any atom is 0.0276 e. The van der Waals surface area contributed by atoms with Crippen LogP contribution >= 0.6 is 0 Å². The molecule has 0 aromatic carbocycles. The molecule has 0 saturated carbocycles. The molecule has 7 heavy (non-hydrogen) atoms. The standard InChI is InChI=1S/C6H11N/c1-4-6(5-2)7-3/h1-2,4-5H2,3H3. The van der Waals surface area contributed by atoms with Crippen molar-refractivity contribution in [2.45, 2.75) is 12.8 Å². The Kier molecular flexibility index (Phi) is 3.67. The van der Waals surface area contributed by atoms with E-state index in [1.807, 2.05) is 0 Å². The smallest absolute Gasteiger partial charge is 0.0276 e. The molecular weight excluding hydrogens is 86.1 g/mol. The van der Waals surface area contributed by atoms with Crippen LogP contribution in [0.15, 0.2) is 4.99 Å². The summed E-state index contributed by atoms with van der Waals surface area (Å²) in [5.41, 5.74) is 1.08. The van der Waals surface area contributed by atoms with Crippen molar-refractivity contribution in [3.8, 4) is 0 Å². The van der Waals surface area contributed by atoms with Crippen LogP contribution in [0.1, 0.15) is 12.8 Å². The Hall–Kier alpha value is -0.330. The molecule has 0 aromatic heterocycles. The quantitative estimate of drug-likeness (QED) is 0.463. The Morgan fingerprint density at radius 2 is 1.86 bits per heavy atom. The highest BCUT2D eigenvalue weighted by Crippen LogP contribution is 1.87. The molecule has 40 valence electrons. The van der Waals surface area contributed by atoms with Gasteiger partial charge in [-0.3, -0.25) is 4.99 Å². The average molecular weight is 97.2 g/mol. The molecule has 1 heteroatoms. The van der Waals surface area contributed by atoms with Crippen LogP contribution in [0, 0.1) is 13.8 Å². The second kappa shape index (κ2) is 3.85. The fraction of sp³-hybridized carbons (Fsp3) is 0.500. The molecule has 0 saturated heterocycles. The lowest BCUT2D eigenvalue weighted by atomic mass is 10.2. The number of aliphatic imine (C=N–C) groups is 1. The summed E-state index contributed by atoms with van der Waals surface area (Å²) in [6.45, 7) is 7.31. The fourth-order valence-electron chi connectivity index (χ4n) is 0.349. The van der Waals surface area contributed by atoms with E-state index in [0.29, 0.717) is 0 Å². The topological polar surface area (TPSA) is 12.4 Å². The zero-order chi connectivity index (χ0) is 5.70. The lowest BCUT2D eigenvalue weighted by Crippen LogP contribution is -1.90. The molecule has 0 rings (SSSR count). The van der Waals surface area contributed by atoms with Crippen LogP contribution in [0.2, 0.25) is 0 Å². The monoisotopic (exact) mass is 97.1 g/mol. The van der Waals surface area contributed by atoms with Gasteiger partial charge in [0.25, 0.3) is 0 Å². The molecule has 0 spiro atoms. The first-order chi connectivity index (χ1) is 3.35. The largest absolute Gasteiger partial charge is 0.297 e. The Bertz CT molecular complexity index is 58.6. The molecule has 0 unspecified atom stereocenters. The summed E-state index contributed by atoms with van der Waals surface area (Å²) in [6, 6.07) is 0. The summed E-state index contributed by atoms with van der Waals surface area (Å²) >= 11 is 0. The minimum atomic E-state index is 0.792.